The number of ether oxygens (including phenoxy) is 1. The zero-order chi connectivity index (χ0) is 14.4. The molecule has 20 heavy (non-hydrogen) atoms. The van der Waals surface area contributed by atoms with E-state index in [9.17, 15) is 0 Å². The van der Waals surface area contributed by atoms with Crippen LogP contribution in [0.3, 0.4) is 0 Å². The predicted octanol–water partition coefficient (Wildman–Crippen LogP) is 4.64. The Morgan fingerprint density at radius 2 is 1.85 bits per heavy atom. The third-order valence-electron chi connectivity index (χ3n) is 3.65. The number of hydrogen-bond acceptors (Lipinski definition) is 1. The number of alkyl halides is 1. The Morgan fingerprint density at radius 1 is 1.05 bits per heavy atom. The molecule has 0 aliphatic rings. The van der Waals surface area contributed by atoms with E-state index >= 15 is 0 Å². The van der Waals surface area contributed by atoms with Crippen LogP contribution in [0.25, 0.3) is 0 Å². The molecule has 0 N–H and O–H groups in total. The molecule has 0 aromatic heterocycles. The summed E-state index contributed by atoms with van der Waals surface area (Å²) in [5.74, 6) is 2.03. The first-order chi connectivity index (χ1) is 9.72. The van der Waals surface area contributed by atoms with Crippen LogP contribution in [0.1, 0.15) is 16.7 Å². The number of benzene rings is 2. The summed E-state index contributed by atoms with van der Waals surface area (Å²) in [6.07, 6.45) is 2.00. The van der Waals surface area contributed by atoms with Gasteiger partial charge in [0.1, 0.15) is 5.75 Å². The number of aryl methyl sites for hydroxylation is 1. The van der Waals surface area contributed by atoms with Gasteiger partial charge in [0.25, 0.3) is 0 Å². The van der Waals surface area contributed by atoms with E-state index in [1.165, 1.54) is 16.7 Å². The minimum Gasteiger partial charge on any atom is -0.497 e. The molecule has 2 rings (SSSR count). The van der Waals surface area contributed by atoms with Crippen molar-refractivity contribution in [1.82, 2.24) is 0 Å². The number of methoxy groups -OCH3 is 1. The van der Waals surface area contributed by atoms with Crippen molar-refractivity contribution in [3.8, 4) is 5.75 Å². The Kier molecular flexibility index (Phi) is 5.49. The molecular weight excluding hydrogens is 268 g/mol. The van der Waals surface area contributed by atoms with Crippen LogP contribution in [0.4, 0.5) is 0 Å². The SMILES string of the molecule is COc1cccc(CC(CCl)Cc2ccccc2C)c1. The van der Waals surface area contributed by atoms with E-state index in [0.717, 1.165) is 18.6 Å². The largest absolute Gasteiger partial charge is 0.497 e. The first-order valence-electron chi connectivity index (χ1n) is 6.96. The molecule has 2 aromatic carbocycles. The normalized spacial score (nSPS) is 12.2. The van der Waals surface area contributed by atoms with Crippen LogP contribution in [-0.2, 0) is 12.8 Å². The monoisotopic (exact) mass is 288 g/mol. The van der Waals surface area contributed by atoms with Gasteiger partial charge < -0.3 is 4.74 Å². The highest BCUT2D eigenvalue weighted by molar-refractivity contribution is 6.18. The van der Waals surface area contributed by atoms with Gasteiger partial charge in [0.15, 0.2) is 0 Å². The van der Waals surface area contributed by atoms with Crippen molar-refractivity contribution < 1.29 is 4.74 Å². The maximum absolute atomic E-state index is 6.16. The standard InChI is InChI=1S/C18H21ClO/c1-14-6-3-4-8-17(14)11-16(13-19)10-15-7-5-9-18(12-15)20-2/h3-9,12,16H,10-11,13H2,1-2H3. The lowest BCUT2D eigenvalue weighted by Gasteiger charge is -2.16. The summed E-state index contributed by atoms with van der Waals surface area (Å²) in [6.45, 7) is 2.16. The number of rotatable bonds is 6. The average Bonchev–Trinajstić information content (AvgIpc) is 2.49. The highest BCUT2D eigenvalue weighted by atomic mass is 35.5. The molecule has 2 heteroatoms. The second kappa shape index (κ2) is 7.35. The minimum absolute atomic E-state index is 0.449. The van der Waals surface area contributed by atoms with E-state index in [1.54, 1.807) is 7.11 Å². The highest BCUT2D eigenvalue weighted by Gasteiger charge is 2.11. The summed E-state index contributed by atoms with van der Waals surface area (Å²) in [7, 11) is 1.70. The molecule has 0 aliphatic heterocycles. The molecule has 0 aliphatic carbocycles. The van der Waals surface area contributed by atoms with Crippen LogP contribution in [0.15, 0.2) is 48.5 Å². The van der Waals surface area contributed by atoms with Gasteiger partial charge in [-0.1, -0.05) is 36.4 Å². The molecule has 2 aromatic rings. The smallest absolute Gasteiger partial charge is 0.119 e. The maximum Gasteiger partial charge on any atom is 0.119 e. The molecule has 0 saturated carbocycles. The summed E-state index contributed by atoms with van der Waals surface area (Å²) in [4.78, 5) is 0. The minimum atomic E-state index is 0.449. The van der Waals surface area contributed by atoms with E-state index in [4.69, 9.17) is 16.3 Å². The number of hydrogen-bond donors (Lipinski definition) is 0. The Bertz CT molecular complexity index is 551. The summed E-state index contributed by atoms with van der Waals surface area (Å²) in [5, 5.41) is 0. The van der Waals surface area contributed by atoms with Crippen molar-refractivity contribution in [2.45, 2.75) is 19.8 Å². The zero-order valence-electron chi connectivity index (χ0n) is 12.1. The second-order valence-electron chi connectivity index (χ2n) is 5.21. The van der Waals surface area contributed by atoms with Crippen molar-refractivity contribution in [2.75, 3.05) is 13.0 Å². The van der Waals surface area contributed by atoms with Crippen molar-refractivity contribution in [3.05, 3.63) is 65.2 Å². The third-order valence-corrected chi connectivity index (χ3v) is 4.08. The third kappa shape index (κ3) is 4.01. The Labute approximate surface area is 126 Å². The second-order valence-corrected chi connectivity index (χ2v) is 5.52. The van der Waals surface area contributed by atoms with Gasteiger partial charge in [-0.3, -0.25) is 0 Å². The van der Waals surface area contributed by atoms with Gasteiger partial charge >= 0.3 is 0 Å². The molecule has 1 nitrogen and oxygen atoms in total. The molecule has 0 amide bonds. The lowest BCUT2D eigenvalue weighted by Crippen LogP contribution is -2.11. The topological polar surface area (TPSA) is 9.23 Å². The Balaban J connectivity index is 2.07. The van der Waals surface area contributed by atoms with Gasteiger partial charge in [0.2, 0.25) is 0 Å². The van der Waals surface area contributed by atoms with Crippen LogP contribution in [0.5, 0.6) is 5.75 Å². The quantitative estimate of drug-likeness (QED) is 0.704. The fourth-order valence-corrected chi connectivity index (χ4v) is 2.68. The van der Waals surface area contributed by atoms with Crippen LogP contribution >= 0.6 is 11.6 Å². The molecule has 0 radical (unpaired) electrons. The number of halogens is 1. The fraction of sp³-hybridized carbons (Fsp3) is 0.333. The molecule has 1 unspecified atom stereocenters. The summed E-state index contributed by atoms with van der Waals surface area (Å²) in [5.41, 5.74) is 4.01. The fourth-order valence-electron chi connectivity index (χ4n) is 2.46. The zero-order valence-corrected chi connectivity index (χ0v) is 12.9. The van der Waals surface area contributed by atoms with Crippen molar-refractivity contribution >= 4 is 11.6 Å². The molecule has 0 heterocycles. The molecule has 0 fully saturated rings. The van der Waals surface area contributed by atoms with E-state index in [1.807, 2.05) is 12.1 Å². The van der Waals surface area contributed by atoms with Crippen LogP contribution in [0, 0.1) is 12.8 Å². The predicted molar refractivity (Wildman–Crippen MR) is 85.8 cm³/mol. The molecule has 106 valence electrons. The van der Waals surface area contributed by atoms with Gasteiger partial charge in [-0.15, -0.1) is 11.6 Å². The van der Waals surface area contributed by atoms with E-state index in [2.05, 4.69) is 43.3 Å². The molecular formula is C18H21ClO. The first kappa shape index (κ1) is 14.9. The van der Waals surface area contributed by atoms with Gasteiger partial charge in [-0.25, -0.2) is 0 Å². The van der Waals surface area contributed by atoms with E-state index in [-0.39, 0.29) is 0 Å². The summed E-state index contributed by atoms with van der Waals surface area (Å²) >= 11 is 6.16. The lowest BCUT2D eigenvalue weighted by atomic mass is 9.92. The van der Waals surface area contributed by atoms with Crippen molar-refractivity contribution in [3.63, 3.8) is 0 Å². The molecule has 1 atom stereocenters. The van der Waals surface area contributed by atoms with E-state index in [0.29, 0.717) is 11.8 Å². The Morgan fingerprint density at radius 3 is 2.55 bits per heavy atom. The first-order valence-corrected chi connectivity index (χ1v) is 7.49. The molecule has 0 saturated heterocycles. The van der Waals surface area contributed by atoms with Gasteiger partial charge in [0, 0.05) is 5.88 Å². The van der Waals surface area contributed by atoms with Crippen molar-refractivity contribution in [1.29, 1.82) is 0 Å². The Hall–Kier alpha value is -1.47. The lowest BCUT2D eigenvalue weighted by molar-refractivity contribution is 0.414. The van der Waals surface area contributed by atoms with Gasteiger partial charge in [-0.2, -0.15) is 0 Å². The summed E-state index contributed by atoms with van der Waals surface area (Å²) < 4.78 is 5.27. The molecule has 0 spiro atoms. The van der Waals surface area contributed by atoms with Crippen molar-refractivity contribution in [2.24, 2.45) is 5.92 Å². The summed E-state index contributed by atoms with van der Waals surface area (Å²) in [6, 6.07) is 16.8. The maximum atomic E-state index is 6.16. The van der Waals surface area contributed by atoms with Crippen LogP contribution in [-0.4, -0.2) is 13.0 Å². The average molecular weight is 289 g/mol. The van der Waals surface area contributed by atoms with Crippen LogP contribution in [0.2, 0.25) is 0 Å². The highest BCUT2D eigenvalue weighted by Crippen LogP contribution is 2.21. The van der Waals surface area contributed by atoms with Gasteiger partial charge in [0.05, 0.1) is 7.11 Å². The molecule has 0 bridgehead atoms. The van der Waals surface area contributed by atoms with E-state index < -0.39 is 0 Å². The van der Waals surface area contributed by atoms with Gasteiger partial charge in [-0.05, 0) is 54.5 Å². The van der Waals surface area contributed by atoms with Crippen LogP contribution < -0.4 is 4.74 Å².